The summed E-state index contributed by atoms with van der Waals surface area (Å²) in [6.07, 6.45) is 9.36. The number of Topliss-reactive ketones (excluding diaryl/α,β-unsaturated/α-hetero) is 1. The molecule has 0 saturated heterocycles. The molecule has 2 atom stereocenters. The molecule has 256 valence electrons. The van der Waals surface area contributed by atoms with Crippen LogP contribution in [-0.4, -0.2) is 51.8 Å². The van der Waals surface area contributed by atoms with Crippen LogP contribution in [0.2, 0.25) is 25.7 Å². The molecular weight excluding hydrogens is 613 g/mol. The molecule has 1 aromatic heterocycles. The minimum Gasteiger partial charge on any atom is -0.598 e. The first-order valence-electron chi connectivity index (χ1n) is 16.7. The number of aromatic nitrogens is 2. The molecule has 46 heavy (non-hydrogen) atoms. The normalized spacial score (nSPS) is 13.3. The number of ether oxygens (including phenoxy) is 1. The molecule has 1 amide bonds. The van der Waals surface area contributed by atoms with Crippen LogP contribution in [0.5, 0.6) is 0 Å². The Labute approximate surface area is 282 Å². The fourth-order valence-electron chi connectivity index (χ4n) is 4.79. The van der Waals surface area contributed by atoms with Gasteiger partial charge in [-0.15, -0.1) is 11.3 Å². The molecule has 0 bridgehead atoms. The zero-order chi connectivity index (χ0) is 34.3. The monoisotopic (exact) mass is 670 g/mol. The Balaban J connectivity index is 2.68. The number of amides is 1. The number of nitrogens with one attached hydrogen (secondary N) is 2. The summed E-state index contributed by atoms with van der Waals surface area (Å²) in [6.45, 7) is 23.6. The predicted octanol–water partition coefficient (Wildman–Crippen LogP) is 8.22. The molecule has 0 radical (unpaired) electrons. The summed E-state index contributed by atoms with van der Waals surface area (Å²) in [5, 5.41) is 3.05. The zero-order valence-electron chi connectivity index (χ0n) is 29.4. The zero-order valence-corrected chi connectivity index (χ0v) is 31.2. The fourth-order valence-corrected chi connectivity index (χ4v) is 6.39. The summed E-state index contributed by atoms with van der Waals surface area (Å²) >= 11 is -1.42. The van der Waals surface area contributed by atoms with Gasteiger partial charge in [-0.3, -0.25) is 9.59 Å². The van der Waals surface area contributed by atoms with Crippen LogP contribution in [0.25, 0.3) is 17.5 Å². The molecular formula is C36H58N4O4SSi. The number of benzene rings is 1. The van der Waals surface area contributed by atoms with Crippen molar-refractivity contribution >= 4 is 37.2 Å². The van der Waals surface area contributed by atoms with E-state index < -0.39 is 30.2 Å². The second-order valence-corrected chi connectivity index (χ2v) is 21.6. The van der Waals surface area contributed by atoms with Gasteiger partial charge in [0.25, 0.3) is 5.91 Å². The number of carbonyl (C=O) groups excluding carboxylic acids is 2. The lowest BCUT2D eigenvalue weighted by Gasteiger charge is -2.29. The van der Waals surface area contributed by atoms with Crippen molar-refractivity contribution in [3.8, 4) is 11.4 Å². The number of ketones is 1. The van der Waals surface area contributed by atoms with Crippen molar-refractivity contribution in [2.24, 2.45) is 0 Å². The van der Waals surface area contributed by atoms with Gasteiger partial charge in [0.15, 0.2) is 5.69 Å². The van der Waals surface area contributed by atoms with E-state index in [0.717, 1.165) is 49.3 Å². The smallest absolute Gasteiger partial charge is 0.271 e. The van der Waals surface area contributed by atoms with E-state index in [1.54, 1.807) is 6.08 Å². The van der Waals surface area contributed by atoms with Gasteiger partial charge in [-0.25, -0.2) is 4.98 Å². The average Bonchev–Trinajstić information content (AvgIpc) is 3.38. The molecule has 0 aliphatic carbocycles. The largest absolute Gasteiger partial charge is 0.598 e. The SMILES string of the molecule is C=CCCCNC(=O)c1nc(-c2cccc(C=C)c2)n(COCC[Si](C)(C)C)c1[C@H](CCCCCC(=O)CC)N[S+]([O-])C(C)(C)C. The number of unbranched alkanes of at least 4 members (excludes halogenated alkanes) is 3. The minimum absolute atomic E-state index is 0.204. The van der Waals surface area contributed by atoms with Crippen LogP contribution < -0.4 is 10.0 Å². The average molecular weight is 671 g/mol. The Morgan fingerprint density at radius 1 is 1.15 bits per heavy atom. The van der Waals surface area contributed by atoms with Crippen molar-refractivity contribution in [3.63, 3.8) is 0 Å². The molecule has 1 aromatic carbocycles. The van der Waals surface area contributed by atoms with E-state index in [2.05, 4.69) is 42.8 Å². The third-order valence-electron chi connectivity index (χ3n) is 7.67. The van der Waals surface area contributed by atoms with Crippen LogP contribution in [0, 0.1) is 0 Å². The number of hydrogen-bond donors (Lipinski definition) is 2. The number of hydrogen-bond acceptors (Lipinski definition) is 6. The quantitative estimate of drug-likeness (QED) is 0.0566. The second kappa shape index (κ2) is 19.4. The van der Waals surface area contributed by atoms with Crippen molar-refractivity contribution in [1.82, 2.24) is 19.6 Å². The van der Waals surface area contributed by atoms with E-state index in [1.165, 1.54) is 0 Å². The van der Waals surface area contributed by atoms with Gasteiger partial charge >= 0.3 is 0 Å². The number of rotatable bonds is 22. The Kier molecular flexibility index (Phi) is 16.7. The Morgan fingerprint density at radius 3 is 2.52 bits per heavy atom. The standard InChI is InChI=1S/C36H58N4O4SSi/c1-10-13-17-23-37-35(42)32-33(31(39-45(43)36(4,5)6)22-16-14-15-21-30(41)12-3)40(27-44-24-25-46(7,8)9)34(38-32)29-20-18-19-28(11-2)26-29/h10-11,18-20,26,31,39H,1-2,12-17,21-25,27H2,3-9H3,(H,37,42)/t31-,45?/m0/s1. The summed E-state index contributed by atoms with van der Waals surface area (Å²) in [5.41, 5.74) is 2.74. The van der Waals surface area contributed by atoms with Crippen molar-refractivity contribution in [1.29, 1.82) is 0 Å². The third-order valence-corrected chi connectivity index (χ3v) is 11.0. The van der Waals surface area contributed by atoms with E-state index in [0.29, 0.717) is 49.6 Å². The maximum atomic E-state index is 13.9. The van der Waals surface area contributed by atoms with Crippen molar-refractivity contribution < 1.29 is 18.9 Å². The summed E-state index contributed by atoms with van der Waals surface area (Å²) in [5.74, 6) is 0.603. The molecule has 0 spiro atoms. The predicted molar refractivity (Wildman–Crippen MR) is 196 cm³/mol. The highest BCUT2D eigenvalue weighted by atomic mass is 32.2. The van der Waals surface area contributed by atoms with Gasteiger partial charge in [-0.05, 0) is 64.1 Å². The first-order valence-corrected chi connectivity index (χ1v) is 21.6. The van der Waals surface area contributed by atoms with E-state index in [4.69, 9.17) is 9.72 Å². The molecule has 1 heterocycles. The highest BCUT2D eigenvalue weighted by Gasteiger charge is 2.35. The molecule has 2 rings (SSSR count). The number of nitrogens with zero attached hydrogens (tertiary/aromatic N) is 2. The lowest BCUT2D eigenvalue weighted by Crippen LogP contribution is -2.42. The number of allylic oxidation sites excluding steroid dienone is 1. The van der Waals surface area contributed by atoms with E-state index >= 15 is 0 Å². The van der Waals surface area contributed by atoms with Crippen molar-refractivity contribution in [3.05, 3.63) is 60.5 Å². The molecule has 8 nitrogen and oxygen atoms in total. The molecule has 2 N–H and O–H groups in total. The fraction of sp³-hybridized carbons (Fsp3) is 0.583. The highest BCUT2D eigenvalue weighted by Crippen LogP contribution is 2.32. The first kappa shape index (κ1) is 39.7. The van der Waals surface area contributed by atoms with Gasteiger partial charge < -0.3 is 19.2 Å². The van der Waals surface area contributed by atoms with Crippen molar-refractivity contribution in [2.75, 3.05) is 13.2 Å². The third kappa shape index (κ3) is 13.3. The maximum Gasteiger partial charge on any atom is 0.271 e. The Morgan fingerprint density at radius 2 is 1.89 bits per heavy atom. The molecule has 0 saturated carbocycles. The summed E-state index contributed by atoms with van der Waals surface area (Å²) in [6, 6.07) is 8.46. The van der Waals surface area contributed by atoms with Crippen molar-refractivity contribution in [2.45, 2.75) is 122 Å². The minimum atomic E-state index is -1.42. The highest BCUT2D eigenvalue weighted by molar-refractivity contribution is 7.90. The summed E-state index contributed by atoms with van der Waals surface area (Å²) < 4.78 is 24.8. The van der Waals surface area contributed by atoms with E-state index in [1.807, 2.05) is 62.6 Å². The molecule has 1 unspecified atom stereocenters. The molecule has 2 aromatic rings. The number of carbonyl (C=O) groups is 2. The Hall–Kier alpha value is -2.50. The second-order valence-electron chi connectivity index (χ2n) is 14.0. The molecule has 0 aliphatic heterocycles. The van der Waals surface area contributed by atoms with Crippen LogP contribution in [0.15, 0.2) is 43.5 Å². The molecule has 10 heteroatoms. The van der Waals surface area contributed by atoms with Gasteiger partial charge in [-0.2, -0.15) is 0 Å². The lowest BCUT2D eigenvalue weighted by atomic mass is 10.0. The van der Waals surface area contributed by atoms with Crippen LogP contribution in [0.1, 0.15) is 107 Å². The number of imidazole rings is 1. The first-order chi connectivity index (χ1) is 21.7. The van der Waals surface area contributed by atoms with Crippen LogP contribution in [0.3, 0.4) is 0 Å². The van der Waals surface area contributed by atoms with Crippen LogP contribution in [-0.2, 0) is 27.6 Å². The van der Waals surface area contributed by atoms with Gasteiger partial charge in [0.1, 0.15) is 23.1 Å². The van der Waals surface area contributed by atoms with Gasteiger partial charge in [0.05, 0.1) is 11.7 Å². The summed E-state index contributed by atoms with van der Waals surface area (Å²) in [4.78, 5) is 30.8. The topological polar surface area (TPSA) is 108 Å². The van der Waals surface area contributed by atoms with Gasteiger partial charge in [-0.1, -0.05) is 76.3 Å². The van der Waals surface area contributed by atoms with E-state index in [9.17, 15) is 14.1 Å². The lowest BCUT2D eigenvalue weighted by molar-refractivity contribution is -0.118. The van der Waals surface area contributed by atoms with Gasteiger partial charge in [0.2, 0.25) is 0 Å². The van der Waals surface area contributed by atoms with Crippen LogP contribution >= 0.6 is 0 Å². The molecule has 0 fully saturated rings. The summed E-state index contributed by atoms with van der Waals surface area (Å²) in [7, 11) is -1.34. The Bertz CT molecular complexity index is 1280. The molecule has 0 aliphatic rings. The van der Waals surface area contributed by atoms with Gasteiger partial charge in [0, 0.05) is 51.0 Å². The van der Waals surface area contributed by atoms with E-state index in [-0.39, 0.29) is 18.4 Å². The van der Waals surface area contributed by atoms with Crippen LogP contribution in [0.4, 0.5) is 0 Å². The maximum absolute atomic E-state index is 13.9.